The molecule has 2 nitrogen and oxygen atoms in total. The van der Waals surface area contributed by atoms with Gasteiger partial charge in [0, 0.05) is 11.8 Å². The van der Waals surface area contributed by atoms with Crippen LogP contribution in [0.2, 0.25) is 0 Å². The van der Waals surface area contributed by atoms with E-state index in [1.165, 1.54) is 12.8 Å². The van der Waals surface area contributed by atoms with Crippen molar-refractivity contribution in [1.29, 1.82) is 0 Å². The summed E-state index contributed by atoms with van der Waals surface area (Å²) < 4.78 is 0. The molecule has 0 bridgehead atoms. The molecule has 15 heavy (non-hydrogen) atoms. The lowest BCUT2D eigenvalue weighted by atomic mass is 9.94. The van der Waals surface area contributed by atoms with Crippen LogP contribution in [0.5, 0.6) is 0 Å². The summed E-state index contributed by atoms with van der Waals surface area (Å²) in [7, 11) is 0. The van der Waals surface area contributed by atoms with E-state index in [1.54, 1.807) is 0 Å². The molecule has 88 valence electrons. The molecule has 1 N–H and O–H groups in total. The van der Waals surface area contributed by atoms with Crippen LogP contribution in [0.4, 0.5) is 0 Å². The largest absolute Gasteiger partial charge is 0.350 e. The van der Waals surface area contributed by atoms with Crippen LogP contribution in [0.1, 0.15) is 46.5 Å². The summed E-state index contributed by atoms with van der Waals surface area (Å²) >= 11 is 5.88. The van der Waals surface area contributed by atoms with Gasteiger partial charge >= 0.3 is 0 Å². The van der Waals surface area contributed by atoms with E-state index in [4.69, 9.17) is 11.6 Å². The Morgan fingerprint density at radius 3 is 2.60 bits per heavy atom. The van der Waals surface area contributed by atoms with Crippen molar-refractivity contribution in [3.8, 4) is 0 Å². The normalized spacial score (nSPS) is 29.9. The molecule has 0 aromatic rings. The maximum Gasteiger partial charge on any atom is 0.223 e. The van der Waals surface area contributed by atoms with Crippen molar-refractivity contribution in [1.82, 2.24) is 5.32 Å². The van der Waals surface area contributed by atoms with E-state index in [-0.39, 0.29) is 17.4 Å². The van der Waals surface area contributed by atoms with Crippen LogP contribution in [-0.2, 0) is 4.79 Å². The Morgan fingerprint density at radius 1 is 1.53 bits per heavy atom. The summed E-state index contributed by atoms with van der Waals surface area (Å²) in [5, 5.41) is 3.09. The predicted molar refractivity (Wildman–Crippen MR) is 64.1 cm³/mol. The minimum absolute atomic E-state index is 0.199. The molecule has 1 rings (SSSR count). The van der Waals surface area contributed by atoms with E-state index in [0.717, 1.165) is 12.8 Å². The lowest BCUT2D eigenvalue weighted by molar-refractivity contribution is -0.127. The Hall–Kier alpha value is -0.240. The van der Waals surface area contributed by atoms with Crippen LogP contribution >= 0.6 is 11.6 Å². The van der Waals surface area contributed by atoms with E-state index in [0.29, 0.717) is 11.8 Å². The van der Waals surface area contributed by atoms with Gasteiger partial charge in [0.15, 0.2) is 0 Å². The Bertz CT molecular complexity index is 226. The van der Waals surface area contributed by atoms with Crippen molar-refractivity contribution in [2.24, 2.45) is 11.8 Å². The number of hydrogen-bond donors (Lipinski definition) is 1. The van der Waals surface area contributed by atoms with Crippen molar-refractivity contribution in [2.75, 3.05) is 5.88 Å². The molecule has 0 radical (unpaired) electrons. The third kappa shape index (κ3) is 3.10. The van der Waals surface area contributed by atoms with Gasteiger partial charge in [-0.3, -0.25) is 4.79 Å². The smallest absolute Gasteiger partial charge is 0.223 e. The Balaban J connectivity index is 2.54. The number of carbonyl (C=O) groups is 1. The minimum atomic E-state index is -0.235. The molecule has 1 aliphatic carbocycles. The lowest BCUT2D eigenvalue weighted by Crippen LogP contribution is -2.49. The second kappa shape index (κ2) is 5.20. The van der Waals surface area contributed by atoms with Gasteiger partial charge in [0.05, 0.1) is 5.54 Å². The highest BCUT2D eigenvalue weighted by Crippen LogP contribution is 2.31. The summed E-state index contributed by atoms with van der Waals surface area (Å²) in [5.41, 5.74) is -0.235. The summed E-state index contributed by atoms with van der Waals surface area (Å²) in [5.74, 6) is 1.42. The summed E-state index contributed by atoms with van der Waals surface area (Å²) in [4.78, 5) is 12.0. The second-order valence-electron chi connectivity index (χ2n) is 5.05. The zero-order valence-electron chi connectivity index (χ0n) is 9.98. The molecule has 0 saturated heterocycles. The number of amides is 1. The molecule has 0 aliphatic heterocycles. The Kier molecular flexibility index (Phi) is 4.45. The second-order valence-corrected chi connectivity index (χ2v) is 5.32. The monoisotopic (exact) mass is 231 g/mol. The number of hydrogen-bond acceptors (Lipinski definition) is 1. The van der Waals surface area contributed by atoms with Crippen molar-refractivity contribution < 1.29 is 4.79 Å². The highest BCUT2D eigenvalue weighted by molar-refractivity contribution is 6.18. The summed E-state index contributed by atoms with van der Waals surface area (Å²) in [6, 6.07) is 0. The first-order chi connectivity index (χ1) is 7.02. The molecule has 3 heteroatoms. The summed E-state index contributed by atoms with van der Waals surface area (Å²) in [6.45, 7) is 6.24. The van der Waals surface area contributed by atoms with Crippen molar-refractivity contribution in [3.05, 3.63) is 0 Å². The third-order valence-electron chi connectivity index (χ3n) is 3.70. The number of nitrogens with one attached hydrogen (secondary N) is 1. The highest BCUT2D eigenvalue weighted by Gasteiger charge is 2.33. The van der Waals surface area contributed by atoms with E-state index in [1.807, 2.05) is 6.92 Å². The maximum atomic E-state index is 12.0. The van der Waals surface area contributed by atoms with E-state index >= 15 is 0 Å². The van der Waals surface area contributed by atoms with Crippen LogP contribution in [0, 0.1) is 11.8 Å². The fraction of sp³-hybridized carbons (Fsp3) is 0.917. The average molecular weight is 232 g/mol. The number of halogens is 1. The van der Waals surface area contributed by atoms with Gasteiger partial charge in [0.2, 0.25) is 5.91 Å². The average Bonchev–Trinajstić information content (AvgIpc) is 2.64. The first kappa shape index (κ1) is 12.8. The first-order valence-corrected chi connectivity index (χ1v) is 6.44. The molecule has 0 heterocycles. The van der Waals surface area contributed by atoms with Crippen molar-refractivity contribution >= 4 is 17.5 Å². The summed E-state index contributed by atoms with van der Waals surface area (Å²) in [6.07, 6.45) is 4.28. The molecule has 1 saturated carbocycles. The molecule has 1 amide bonds. The SMILES string of the molecule is CCC(C)(CCl)NC(=O)C1CCCC1C. The van der Waals surface area contributed by atoms with Crippen molar-refractivity contribution in [2.45, 2.75) is 52.0 Å². The lowest BCUT2D eigenvalue weighted by Gasteiger charge is -2.29. The molecule has 0 spiro atoms. The predicted octanol–water partition coefficient (Wildman–Crippen LogP) is 2.95. The zero-order chi connectivity index (χ0) is 11.5. The fourth-order valence-corrected chi connectivity index (χ4v) is 2.40. The van der Waals surface area contributed by atoms with Crippen LogP contribution in [0.25, 0.3) is 0 Å². The van der Waals surface area contributed by atoms with Gasteiger partial charge in [-0.15, -0.1) is 11.6 Å². The highest BCUT2D eigenvalue weighted by atomic mass is 35.5. The standard InChI is InChI=1S/C12H22ClNO/c1-4-12(3,8-13)14-11(15)10-7-5-6-9(10)2/h9-10H,4-8H2,1-3H3,(H,14,15). The van der Waals surface area contributed by atoms with Gasteiger partial charge in [-0.2, -0.15) is 0 Å². The molecule has 1 fully saturated rings. The van der Waals surface area contributed by atoms with Gasteiger partial charge in [-0.1, -0.05) is 20.3 Å². The Labute approximate surface area is 97.8 Å². The Morgan fingerprint density at radius 2 is 2.20 bits per heavy atom. The van der Waals surface area contributed by atoms with Crippen LogP contribution in [0.3, 0.4) is 0 Å². The molecule has 3 atom stereocenters. The van der Waals surface area contributed by atoms with E-state index in [9.17, 15) is 4.79 Å². The van der Waals surface area contributed by atoms with E-state index in [2.05, 4.69) is 19.2 Å². The van der Waals surface area contributed by atoms with Gasteiger partial charge in [0.1, 0.15) is 0 Å². The topological polar surface area (TPSA) is 29.1 Å². The van der Waals surface area contributed by atoms with Gasteiger partial charge in [-0.25, -0.2) is 0 Å². The fourth-order valence-electron chi connectivity index (χ4n) is 2.14. The maximum absolute atomic E-state index is 12.0. The first-order valence-electron chi connectivity index (χ1n) is 5.90. The molecular weight excluding hydrogens is 210 g/mol. The molecule has 0 aromatic heterocycles. The number of alkyl halides is 1. The van der Waals surface area contributed by atoms with Gasteiger partial charge in [0.25, 0.3) is 0 Å². The van der Waals surface area contributed by atoms with E-state index < -0.39 is 0 Å². The van der Waals surface area contributed by atoms with Gasteiger partial charge in [-0.05, 0) is 32.1 Å². The molecule has 0 aromatic carbocycles. The quantitative estimate of drug-likeness (QED) is 0.741. The minimum Gasteiger partial charge on any atom is -0.350 e. The van der Waals surface area contributed by atoms with Crippen LogP contribution in [-0.4, -0.2) is 17.3 Å². The number of rotatable bonds is 4. The van der Waals surface area contributed by atoms with Crippen molar-refractivity contribution in [3.63, 3.8) is 0 Å². The van der Waals surface area contributed by atoms with Gasteiger partial charge < -0.3 is 5.32 Å². The molecule has 1 aliphatic rings. The van der Waals surface area contributed by atoms with Crippen LogP contribution < -0.4 is 5.32 Å². The molecule has 3 unspecified atom stereocenters. The van der Waals surface area contributed by atoms with Crippen LogP contribution in [0.15, 0.2) is 0 Å². The zero-order valence-corrected chi connectivity index (χ0v) is 10.7. The molecular formula is C12H22ClNO. The third-order valence-corrected chi connectivity index (χ3v) is 4.29. The number of carbonyl (C=O) groups excluding carboxylic acids is 1.